The lowest BCUT2D eigenvalue weighted by atomic mass is 10.2. The summed E-state index contributed by atoms with van der Waals surface area (Å²) in [5, 5.41) is 8.14. The van der Waals surface area contributed by atoms with E-state index in [9.17, 15) is 4.79 Å². The number of carboxylic acids is 1. The molecule has 0 unspecified atom stereocenters. The highest BCUT2D eigenvalue weighted by Gasteiger charge is 1.92. The maximum Gasteiger partial charge on any atom is 0.303 e. The van der Waals surface area contributed by atoms with Crippen LogP contribution in [-0.2, 0) is 4.79 Å². The normalized spacial score (nSPS) is 6.08. The number of carboxylic acid groups (broad SMARTS) is 1. The molecular weight excluding hydrogens is 246 g/mol. The van der Waals surface area contributed by atoms with Gasteiger partial charge in [-0.2, -0.15) is 0 Å². The fourth-order valence-corrected chi connectivity index (χ4v) is 0.526. The van der Waals surface area contributed by atoms with E-state index in [0.717, 1.165) is 19.3 Å². The van der Waals surface area contributed by atoms with E-state index < -0.39 is 5.97 Å². The molecule has 0 saturated heterocycles. The lowest BCUT2D eigenvalue weighted by Crippen LogP contribution is -1.92. The van der Waals surface area contributed by atoms with Gasteiger partial charge in [-0.3, -0.25) is 4.79 Å². The SMILES string of the molecule is CCCCCC(=O)O.Cl.Cl.Cl.Cl. The minimum absolute atomic E-state index is 0. The zero-order valence-corrected chi connectivity index (χ0v) is 10.1. The Bertz CT molecular complexity index is 79.9. The van der Waals surface area contributed by atoms with Gasteiger partial charge in [-0.25, -0.2) is 0 Å². The van der Waals surface area contributed by atoms with Gasteiger partial charge in [-0.05, 0) is 6.42 Å². The van der Waals surface area contributed by atoms with Crippen LogP contribution in [0, 0.1) is 0 Å². The van der Waals surface area contributed by atoms with E-state index in [-0.39, 0.29) is 49.6 Å². The number of hydrogen-bond acceptors (Lipinski definition) is 1. The Kier molecular flexibility index (Phi) is 55.2. The van der Waals surface area contributed by atoms with Gasteiger partial charge in [0.2, 0.25) is 0 Å². The zero-order valence-electron chi connectivity index (χ0n) is 6.82. The van der Waals surface area contributed by atoms with Gasteiger partial charge >= 0.3 is 5.97 Å². The summed E-state index contributed by atoms with van der Waals surface area (Å²) in [5.41, 5.74) is 0. The summed E-state index contributed by atoms with van der Waals surface area (Å²) in [5.74, 6) is -0.682. The molecule has 6 heteroatoms. The zero-order chi connectivity index (χ0) is 6.41. The van der Waals surface area contributed by atoms with Crippen molar-refractivity contribution in [2.24, 2.45) is 0 Å². The molecule has 0 aromatic carbocycles. The summed E-state index contributed by atoms with van der Waals surface area (Å²) in [7, 11) is 0. The lowest BCUT2D eigenvalue weighted by Gasteiger charge is -1.89. The summed E-state index contributed by atoms with van der Waals surface area (Å²) < 4.78 is 0. The molecule has 12 heavy (non-hydrogen) atoms. The fraction of sp³-hybridized carbons (Fsp3) is 0.833. The molecular formula is C6H16Cl4O2. The second kappa shape index (κ2) is 22.6. The monoisotopic (exact) mass is 260 g/mol. The number of halogens is 4. The summed E-state index contributed by atoms with van der Waals surface area (Å²) >= 11 is 0. The molecule has 0 aromatic heterocycles. The Hall–Kier alpha value is 0.630. The number of unbranched alkanes of at least 4 members (excludes halogenated alkanes) is 2. The molecule has 80 valence electrons. The van der Waals surface area contributed by atoms with Crippen molar-refractivity contribution in [2.45, 2.75) is 32.6 Å². The van der Waals surface area contributed by atoms with Gasteiger partial charge in [0, 0.05) is 6.42 Å². The van der Waals surface area contributed by atoms with Crippen LogP contribution in [-0.4, -0.2) is 11.1 Å². The van der Waals surface area contributed by atoms with Crippen LogP contribution in [0.15, 0.2) is 0 Å². The van der Waals surface area contributed by atoms with Crippen molar-refractivity contribution in [2.75, 3.05) is 0 Å². The smallest absolute Gasteiger partial charge is 0.303 e. The van der Waals surface area contributed by atoms with Gasteiger partial charge in [0.1, 0.15) is 0 Å². The summed E-state index contributed by atoms with van der Waals surface area (Å²) in [4.78, 5) is 9.87. The van der Waals surface area contributed by atoms with Gasteiger partial charge < -0.3 is 5.11 Å². The van der Waals surface area contributed by atoms with Crippen molar-refractivity contribution < 1.29 is 9.90 Å². The minimum Gasteiger partial charge on any atom is -0.481 e. The van der Waals surface area contributed by atoms with Crippen LogP contribution >= 0.6 is 49.6 Å². The van der Waals surface area contributed by atoms with E-state index in [1.807, 2.05) is 0 Å². The van der Waals surface area contributed by atoms with Gasteiger partial charge in [-0.1, -0.05) is 19.8 Å². The molecule has 0 radical (unpaired) electrons. The van der Waals surface area contributed by atoms with Crippen molar-refractivity contribution in [3.8, 4) is 0 Å². The Balaban J connectivity index is -0.0000000408. The van der Waals surface area contributed by atoms with E-state index in [1.54, 1.807) is 0 Å². The number of aliphatic carboxylic acids is 1. The molecule has 0 aliphatic heterocycles. The maximum atomic E-state index is 9.87. The van der Waals surface area contributed by atoms with Crippen LogP contribution < -0.4 is 0 Å². The predicted octanol–water partition coefficient (Wildman–Crippen LogP) is 3.34. The molecule has 0 spiro atoms. The third kappa shape index (κ3) is 31.1. The third-order valence-electron chi connectivity index (χ3n) is 0.994. The standard InChI is InChI=1S/C6H12O2.4ClH/c1-2-3-4-5-6(7)8;;;;/h2-5H2,1H3,(H,7,8);4*1H. The highest BCUT2D eigenvalue weighted by molar-refractivity contribution is 5.86. The molecule has 0 atom stereocenters. The van der Waals surface area contributed by atoms with Crippen LogP contribution in [0.25, 0.3) is 0 Å². The van der Waals surface area contributed by atoms with Crippen LogP contribution in [0.3, 0.4) is 0 Å². The second-order valence-electron chi connectivity index (χ2n) is 1.85. The summed E-state index contributed by atoms with van der Waals surface area (Å²) in [6.45, 7) is 2.06. The number of rotatable bonds is 4. The molecule has 0 aliphatic carbocycles. The molecule has 0 aliphatic rings. The van der Waals surface area contributed by atoms with E-state index in [0.29, 0.717) is 6.42 Å². The predicted molar refractivity (Wildman–Crippen MR) is 60.8 cm³/mol. The molecule has 0 heterocycles. The molecule has 0 bridgehead atoms. The summed E-state index contributed by atoms with van der Waals surface area (Å²) in [6, 6.07) is 0. The first kappa shape index (κ1) is 29.3. The van der Waals surface area contributed by atoms with Gasteiger partial charge in [-0.15, -0.1) is 49.6 Å². The number of hydrogen-bond donors (Lipinski definition) is 1. The van der Waals surface area contributed by atoms with Gasteiger partial charge in [0.15, 0.2) is 0 Å². The molecule has 2 nitrogen and oxygen atoms in total. The highest BCUT2D eigenvalue weighted by Crippen LogP contribution is 1.97. The summed E-state index contributed by atoms with van der Waals surface area (Å²) in [6.07, 6.45) is 3.28. The molecule has 0 amide bonds. The van der Waals surface area contributed by atoms with Crippen molar-refractivity contribution in [3.63, 3.8) is 0 Å². The Labute approximate surface area is 98.1 Å². The van der Waals surface area contributed by atoms with Crippen LogP contribution in [0.1, 0.15) is 32.6 Å². The minimum atomic E-state index is -0.682. The van der Waals surface area contributed by atoms with E-state index in [2.05, 4.69) is 6.92 Å². The third-order valence-corrected chi connectivity index (χ3v) is 0.994. The number of carbonyl (C=O) groups is 1. The average molecular weight is 262 g/mol. The first-order valence-electron chi connectivity index (χ1n) is 2.99. The fourth-order valence-electron chi connectivity index (χ4n) is 0.526. The lowest BCUT2D eigenvalue weighted by molar-refractivity contribution is -0.137. The van der Waals surface area contributed by atoms with E-state index in [1.165, 1.54) is 0 Å². The first-order chi connectivity index (χ1) is 3.77. The van der Waals surface area contributed by atoms with E-state index in [4.69, 9.17) is 5.11 Å². The van der Waals surface area contributed by atoms with Crippen molar-refractivity contribution in [1.29, 1.82) is 0 Å². The van der Waals surface area contributed by atoms with Crippen LogP contribution in [0.5, 0.6) is 0 Å². The van der Waals surface area contributed by atoms with Crippen molar-refractivity contribution >= 4 is 55.6 Å². The van der Waals surface area contributed by atoms with Gasteiger partial charge in [0.25, 0.3) is 0 Å². The molecule has 0 fully saturated rings. The van der Waals surface area contributed by atoms with Crippen LogP contribution in [0.4, 0.5) is 0 Å². The van der Waals surface area contributed by atoms with Crippen molar-refractivity contribution in [1.82, 2.24) is 0 Å². The van der Waals surface area contributed by atoms with Gasteiger partial charge in [0.05, 0.1) is 0 Å². The highest BCUT2D eigenvalue weighted by atomic mass is 35.5. The first-order valence-corrected chi connectivity index (χ1v) is 2.99. The van der Waals surface area contributed by atoms with Crippen molar-refractivity contribution in [3.05, 3.63) is 0 Å². The quantitative estimate of drug-likeness (QED) is 0.789. The largest absolute Gasteiger partial charge is 0.481 e. The maximum absolute atomic E-state index is 9.87. The Morgan fingerprint density at radius 2 is 1.50 bits per heavy atom. The average Bonchev–Trinajstić information content (AvgIpc) is 1.66. The Morgan fingerprint density at radius 1 is 1.08 bits per heavy atom. The van der Waals surface area contributed by atoms with Crippen LogP contribution in [0.2, 0.25) is 0 Å². The van der Waals surface area contributed by atoms with E-state index >= 15 is 0 Å². The Morgan fingerprint density at radius 3 is 1.75 bits per heavy atom. The molecule has 0 aromatic rings. The molecule has 1 N–H and O–H groups in total. The second-order valence-corrected chi connectivity index (χ2v) is 1.85. The molecule has 0 saturated carbocycles. The molecule has 0 rings (SSSR count). The topological polar surface area (TPSA) is 37.3 Å².